The Hall–Kier alpha value is -3.90. The van der Waals surface area contributed by atoms with Crippen molar-refractivity contribution in [3.63, 3.8) is 0 Å². The summed E-state index contributed by atoms with van der Waals surface area (Å²) in [5, 5.41) is 7.96. The van der Waals surface area contributed by atoms with Gasteiger partial charge in [-0.15, -0.1) is 0 Å². The zero-order chi connectivity index (χ0) is 19.7. The Labute approximate surface area is 175 Å². The second-order valence-corrected chi connectivity index (χ2v) is 8.13. The molecule has 0 spiro atoms. The van der Waals surface area contributed by atoms with Crippen LogP contribution in [0.25, 0.3) is 65.7 Å². The van der Waals surface area contributed by atoms with Crippen molar-refractivity contribution in [1.82, 2.24) is 0 Å². The molecule has 0 atom stereocenters. The third-order valence-electron chi connectivity index (χ3n) is 6.57. The van der Waals surface area contributed by atoms with Crippen molar-refractivity contribution in [3.8, 4) is 33.4 Å². The summed E-state index contributed by atoms with van der Waals surface area (Å²) in [4.78, 5) is 0. The second kappa shape index (κ2) is 5.81. The van der Waals surface area contributed by atoms with Crippen LogP contribution in [0, 0.1) is 0 Å². The highest BCUT2D eigenvalue weighted by Crippen LogP contribution is 2.53. The van der Waals surface area contributed by atoms with E-state index >= 15 is 0 Å². The molecule has 0 saturated heterocycles. The number of benzene rings is 6. The van der Waals surface area contributed by atoms with Gasteiger partial charge in [-0.2, -0.15) is 0 Å². The van der Waals surface area contributed by atoms with Crippen molar-refractivity contribution < 1.29 is 0 Å². The zero-order valence-corrected chi connectivity index (χ0v) is 16.4. The topological polar surface area (TPSA) is 0 Å². The molecule has 1 aliphatic rings. The van der Waals surface area contributed by atoms with E-state index < -0.39 is 0 Å². The molecule has 0 fully saturated rings. The van der Waals surface area contributed by atoms with Gasteiger partial charge in [0.25, 0.3) is 0 Å². The molecule has 0 saturated carbocycles. The van der Waals surface area contributed by atoms with Crippen molar-refractivity contribution in [2.24, 2.45) is 0 Å². The van der Waals surface area contributed by atoms with Crippen LogP contribution >= 0.6 is 0 Å². The van der Waals surface area contributed by atoms with Gasteiger partial charge in [0.15, 0.2) is 0 Å². The minimum absolute atomic E-state index is 1.28. The molecule has 0 aliphatic heterocycles. The van der Waals surface area contributed by atoms with E-state index in [0.717, 1.165) is 0 Å². The van der Waals surface area contributed by atoms with Crippen molar-refractivity contribution in [2.45, 2.75) is 0 Å². The molecule has 30 heavy (non-hydrogen) atoms. The summed E-state index contributed by atoms with van der Waals surface area (Å²) < 4.78 is 0. The van der Waals surface area contributed by atoms with Gasteiger partial charge >= 0.3 is 0 Å². The van der Waals surface area contributed by atoms with Crippen LogP contribution in [0.5, 0.6) is 0 Å². The van der Waals surface area contributed by atoms with Crippen LogP contribution < -0.4 is 0 Å². The summed E-state index contributed by atoms with van der Waals surface area (Å²) >= 11 is 0. The van der Waals surface area contributed by atoms with Crippen molar-refractivity contribution in [1.29, 1.82) is 0 Å². The van der Waals surface area contributed by atoms with E-state index in [0.29, 0.717) is 0 Å². The summed E-state index contributed by atoms with van der Waals surface area (Å²) in [6.45, 7) is 0. The Morgan fingerprint density at radius 2 is 1.00 bits per heavy atom. The third-order valence-corrected chi connectivity index (χ3v) is 6.57. The third kappa shape index (κ3) is 2.00. The van der Waals surface area contributed by atoms with Crippen LogP contribution in [0.2, 0.25) is 0 Å². The Morgan fingerprint density at radius 3 is 1.87 bits per heavy atom. The molecule has 0 unspecified atom stereocenters. The second-order valence-electron chi connectivity index (χ2n) is 8.13. The number of hydrogen-bond acceptors (Lipinski definition) is 0. The van der Waals surface area contributed by atoms with Crippen molar-refractivity contribution >= 4 is 32.3 Å². The molecule has 7 rings (SSSR count). The number of rotatable bonds is 1. The van der Waals surface area contributed by atoms with Gasteiger partial charge in [-0.25, -0.2) is 0 Å². The van der Waals surface area contributed by atoms with Gasteiger partial charge in [0.2, 0.25) is 0 Å². The molecule has 138 valence electrons. The highest BCUT2D eigenvalue weighted by Gasteiger charge is 2.25. The summed E-state index contributed by atoms with van der Waals surface area (Å²) in [5.74, 6) is 0. The van der Waals surface area contributed by atoms with Gasteiger partial charge in [-0.05, 0) is 71.8 Å². The highest BCUT2D eigenvalue weighted by molar-refractivity contribution is 6.29. The quantitative estimate of drug-likeness (QED) is 0.251. The number of hydrogen-bond donors (Lipinski definition) is 0. The van der Waals surface area contributed by atoms with Gasteiger partial charge in [0.05, 0.1) is 0 Å². The molecule has 0 heteroatoms. The molecule has 0 bridgehead atoms. The van der Waals surface area contributed by atoms with Gasteiger partial charge in [-0.1, -0.05) is 103 Å². The monoisotopic (exact) mass is 378 g/mol. The smallest absolute Gasteiger partial charge is 0.00137 e. The fraction of sp³-hybridized carbons (Fsp3) is 0. The van der Waals surface area contributed by atoms with E-state index in [2.05, 4.69) is 109 Å². The Balaban J connectivity index is 1.70. The molecule has 0 nitrogen and oxygen atoms in total. The maximum absolute atomic E-state index is 2.34. The molecule has 6 aromatic rings. The predicted molar refractivity (Wildman–Crippen MR) is 129 cm³/mol. The summed E-state index contributed by atoms with van der Waals surface area (Å²) in [6.07, 6.45) is 0. The molecule has 0 radical (unpaired) electrons. The minimum Gasteiger partial charge on any atom is -0.0616 e. The molecule has 0 amide bonds. The fourth-order valence-corrected chi connectivity index (χ4v) is 5.32. The molecule has 0 aromatic heterocycles. The molecule has 0 heterocycles. The van der Waals surface area contributed by atoms with Gasteiger partial charge in [0.1, 0.15) is 0 Å². The average Bonchev–Trinajstić information content (AvgIpc) is 3.15. The first kappa shape index (κ1) is 16.0. The predicted octanol–water partition coefficient (Wildman–Crippen LogP) is 8.46. The van der Waals surface area contributed by atoms with E-state index in [-0.39, 0.29) is 0 Å². The summed E-state index contributed by atoms with van der Waals surface area (Å²) in [6, 6.07) is 40.0. The Morgan fingerprint density at radius 1 is 0.367 bits per heavy atom. The first-order valence-corrected chi connectivity index (χ1v) is 10.5. The summed E-state index contributed by atoms with van der Waals surface area (Å²) in [5.41, 5.74) is 8.06. The van der Waals surface area contributed by atoms with E-state index in [4.69, 9.17) is 0 Å². The van der Waals surface area contributed by atoms with Crippen LogP contribution in [0.1, 0.15) is 0 Å². The standard InChI is InChI=1S/C30H18/c1-2-9-20-18-21(17-16-19(20)8-1)28-25-12-5-6-13-26(25)29-23-11-4-3-10-22(23)24-14-7-15-27(28)30(24)29/h1-18H. The average molecular weight is 378 g/mol. The normalized spacial score (nSPS) is 12.0. The molecular formula is C30H18. The van der Waals surface area contributed by atoms with E-state index in [1.807, 2.05) is 0 Å². The van der Waals surface area contributed by atoms with Crippen LogP contribution in [-0.2, 0) is 0 Å². The van der Waals surface area contributed by atoms with Crippen LogP contribution in [-0.4, -0.2) is 0 Å². The first-order chi connectivity index (χ1) is 14.9. The zero-order valence-electron chi connectivity index (χ0n) is 16.4. The molecule has 1 aliphatic carbocycles. The lowest BCUT2D eigenvalue weighted by Crippen LogP contribution is -1.88. The van der Waals surface area contributed by atoms with Crippen LogP contribution in [0.15, 0.2) is 109 Å². The van der Waals surface area contributed by atoms with Crippen molar-refractivity contribution in [2.75, 3.05) is 0 Å². The highest BCUT2D eigenvalue weighted by atomic mass is 14.3. The molecule has 0 N–H and O–H groups in total. The lowest BCUT2D eigenvalue weighted by molar-refractivity contribution is 1.70. The van der Waals surface area contributed by atoms with Crippen molar-refractivity contribution in [3.05, 3.63) is 109 Å². The van der Waals surface area contributed by atoms with Crippen LogP contribution in [0.3, 0.4) is 0 Å². The molecule has 6 aromatic carbocycles. The number of fused-ring (bicyclic) bond motifs is 6. The maximum atomic E-state index is 2.34. The van der Waals surface area contributed by atoms with E-state index in [9.17, 15) is 0 Å². The van der Waals surface area contributed by atoms with Gasteiger partial charge < -0.3 is 0 Å². The fourth-order valence-electron chi connectivity index (χ4n) is 5.32. The lowest BCUT2D eigenvalue weighted by Gasteiger charge is -2.16. The largest absolute Gasteiger partial charge is 0.0616 e. The first-order valence-electron chi connectivity index (χ1n) is 10.5. The van der Waals surface area contributed by atoms with E-state index in [1.54, 1.807) is 0 Å². The Bertz CT molecular complexity index is 1640. The van der Waals surface area contributed by atoms with Gasteiger partial charge in [0, 0.05) is 0 Å². The lowest BCUT2D eigenvalue weighted by atomic mass is 9.87. The van der Waals surface area contributed by atoms with Gasteiger partial charge in [-0.3, -0.25) is 0 Å². The Kier molecular flexibility index (Phi) is 3.09. The molecular weight excluding hydrogens is 360 g/mol. The maximum Gasteiger partial charge on any atom is -0.00137 e. The SMILES string of the molecule is c1ccc2c(c1)-c1cccc3c(-c4ccc5ccccc5c4)c4ccccc4c-2c13. The minimum atomic E-state index is 1.28. The summed E-state index contributed by atoms with van der Waals surface area (Å²) in [7, 11) is 0. The van der Waals surface area contributed by atoms with E-state index in [1.165, 1.54) is 65.7 Å². The van der Waals surface area contributed by atoms with Crippen LogP contribution in [0.4, 0.5) is 0 Å².